The Hall–Kier alpha value is -1.96. The van der Waals surface area contributed by atoms with Crippen molar-refractivity contribution < 1.29 is 9.90 Å². The van der Waals surface area contributed by atoms with E-state index in [4.69, 9.17) is 0 Å². The van der Waals surface area contributed by atoms with Crippen LogP contribution < -0.4 is 5.32 Å². The number of aromatic hydroxyl groups is 1. The van der Waals surface area contributed by atoms with Crippen LogP contribution in [0.1, 0.15) is 25.0 Å². The Kier molecular flexibility index (Phi) is 6.14. The number of pyridine rings is 1. The van der Waals surface area contributed by atoms with E-state index in [1.165, 1.54) is 0 Å². The lowest BCUT2D eigenvalue weighted by molar-refractivity contribution is -0.110. The molecule has 1 aliphatic rings. The first-order valence-electron chi connectivity index (χ1n) is 8.27. The normalized spacial score (nSPS) is 13.8. The number of rotatable bonds is 2. The van der Waals surface area contributed by atoms with E-state index in [2.05, 4.69) is 42.2 Å². The number of hydrogen-bond acceptors (Lipinski definition) is 4. The van der Waals surface area contributed by atoms with E-state index in [9.17, 15) is 9.90 Å². The number of thiophene rings is 1. The fourth-order valence-electron chi connectivity index (χ4n) is 2.63. The van der Waals surface area contributed by atoms with Gasteiger partial charge in [-0.3, -0.25) is 4.79 Å². The molecule has 1 amide bonds. The zero-order valence-electron chi connectivity index (χ0n) is 14.6. The van der Waals surface area contributed by atoms with Crippen LogP contribution >= 0.6 is 43.2 Å². The van der Waals surface area contributed by atoms with E-state index >= 15 is 0 Å². The predicted molar refractivity (Wildman–Crippen MR) is 119 cm³/mol. The smallest absolute Gasteiger partial charge is 0.257 e. The van der Waals surface area contributed by atoms with Gasteiger partial charge in [0.25, 0.3) is 5.91 Å². The minimum absolute atomic E-state index is 0.125. The molecule has 2 aromatic heterocycles. The van der Waals surface area contributed by atoms with Crippen LogP contribution in [0.4, 0.5) is 5.82 Å². The van der Waals surface area contributed by atoms with E-state index in [-0.39, 0.29) is 11.7 Å². The highest BCUT2D eigenvalue weighted by Gasteiger charge is 2.26. The molecular formula is C20H16Br2N2O2S. The second-order valence-electron chi connectivity index (χ2n) is 5.48. The molecule has 0 unspecified atom stereocenters. The summed E-state index contributed by atoms with van der Waals surface area (Å²) in [6.45, 7) is 4.00. The number of anilines is 1. The number of aromatic nitrogens is 1. The Morgan fingerprint density at radius 3 is 2.48 bits per heavy atom. The molecule has 4 rings (SSSR count). The summed E-state index contributed by atoms with van der Waals surface area (Å²) in [5.74, 6) is 0.497. The third-order valence-corrected chi connectivity index (χ3v) is 5.75. The molecule has 3 heterocycles. The SMILES string of the molecule is CC.O=C1Nc2ncc(-c3ccsc3)cc2/C1=C\c1cc(Br)c(O)c(Br)c1. The van der Waals surface area contributed by atoms with Gasteiger partial charge in [-0.05, 0) is 84.1 Å². The number of nitrogens with zero attached hydrogens (tertiary/aromatic N) is 1. The summed E-state index contributed by atoms with van der Waals surface area (Å²) in [4.78, 5) is 16.8. The van der Waals surface area contributed by atoms with Crippen molar-refractivity contribution in [3.8, 4) is 16.9 Å². The largest absolute Gasteiger partial charge is 0.506 e. The van der Waals surface area contributed by atoms with Crippen molar-refractivity contribution in [3.05, 3.63) is 61.3 Å². The summed E-state index contributed by atoms with van der Waals surface area (Å²) >= 11 is 8.24. The average Bonchev–Trinajstić information content (AvgIpc) is 3.30. The molecule has 4 nitrogen and oxygen atoms in total. The maximum Gasteiger partial charge on any atom is 0.257 e. The molecule has 0 radical (unpaired) electrons. The average molecular weight is 508 g/mol. The number of phenolic OH excluding ortho intramolecular Hbond substituents is 1. The van der Waals surface area contributed by atoms with Gasteiger partial charge in [0.2, 0.25) is 0 Å². The first-order valence-corrected chi connectivity index (χ1v) is 10.8. The van der Waals surface area contributed by atoms with Crippen LogP contribution in [0.25, 0.3) is 22.8 Å². The lowest BCUT2D eigenvalue weighted by Gasteiger charge is -2.04. The fourth-order valence-corrected chi connectivity index (χ4v) is 4.52. The first kappa shape index (κ1) is 19.8. The molecule has 0 aliphatic carbocycles. The first-order chi connectivity index (χ1) is 13.0. The standard InChI is InChI=1S/C18H10Br2N2O2S.C2H6/c19-14-4-9(5-15(20)16(14)23)3-13-12-6-11(10-1-2-25-8-10)7-21-17(12)22-18(13)24;1-2/h1-8,23H,(H,21,22,24);1-2H3/b13-3+;. The summed E-state index contributed by atoms with van der Waals surface area (Å²) in [7, 11) is 0. The quantitative estimate of drug-likeness (QED) is 0.386. The summed E-state index contributed by atoms with van der Waals surface area (Å²) < 4.78 is 1.11. The Labute approximate surface area is 178 Å². The molecule has 3 aromatic rings. The van der Waals surface area contributed by atoms with Crippen molar-refractivity contribution in [3.63, 3.8) is 0 Å². The minimum Gasteiger partial charge on any atom is -0.506 e. The van der Waals surface area contributed by atoms with Crippen molar-refractivity contribution in [2.45, 2.75) is 13.8 Å². The van der Waals surface area contributed by atoms with Crippen LogP contribution in [0.5, 0.6) is 5.75 Å². The van der Waals surface area contributed by atoms with Crippen LogP contribution in [-0.4, -0.2) is 16.0 Å². The van der Waals surface area contributed by atoms with Gasteiger partial charge in [0.05, 0.1) is 14.5 Å². The van der Waals surface area contributed by atoms with Crippen molar-refractivity contribution in [2.24, 2.45) is 0 Å². The molecular weight excluding hydrogens is 492 g/mol. The van der Waals surface area contributed by atoms with Crippen LogP contribution in [0.3, 0.4) is 0 Å². The van der Waals surface area contributed by atoms with Crippen LogP contribution in [0.15, 0.2) is 50.2 Å². The highest BCUT2D eigenvalue weighted by atomic mass is 79.9. The third kappa shape index (κ3) is 4.00. The van der Waals surface area contributed by atoms with Crippen molar-refractivity contribution >= 4 is 66.6 Å². The highest BCUT2D eigenvalue weighted by Crippen LogP contribution is 2.37. The Bertz CT molecular complexity index is 1010. The number of amides is 1. The van der Waals surface area contributed by atoms with Gasteiger partial charge in [-0.25, -0.2) is 4.98 Å². The van der Waals surface area contributed by atoms with E-state index in [1.807, 2.05) is 36.7 Å². The number of carbonyl (C=O) groups is 1. The fraction of sp³-hybridized carbons (Fsp3) is 0.100. The number of phenols is 1. The number of benzene rings is 1. The number of halogens is 2. The molecule has 0 fully saturated rings. The van der Waals surface area contributed by atoms with Gasteiger partial charge in [0.1, 0.15) is 11.6 Å². The van der Waals surface area contributed by atoms with Gasteiger partial charge < -0.3 is 10.4 Å². The second-order valence-corrected chi connectivity index (χ2v) is 7.97. The van der Waals surface area contributed by atoms with Crippen LogP contribution in [0, 0.1) is 0 Å². The van der Waals surface area contributed by atoms with Gasteiger partial charge in [0.15, 0.2) is 0 Å². The molecule has 1 aromatic carbocycles. The van der Waals surface area contributed by atoms with Gasteiger partial charge in [-0.1, -0.05) is 13.8 Å². The second kappa shape index (κ2) is 8.37. The van der Waals surface area contributed by atoms with Crippen LogP contribution in [0.2, 0.25) is 0 Å². The molecule has 2 N–H and O–H groups in total. The summed E-state index contributed by atoms with van der Waals surface area (Å²) in [5.41, 5.74) is 4.15. The maximum atomic E-state index is 12.4. The Balaban J connectivity index is 0.00000102. The van der Waals surface area contributed by atoms with E-state index in [0.29, 0.717) is 20.3 Å². The molecule has 0 atom stereocenters. The zero-order chi connectivity index (χ0) is 19.6. The predicted octanol–water partition coefficient (Wildman–Crippen LogP) is 6.56. The summed E-state index contributed by atoms with van der Waals surface area (Å²) in [6.07, 6.45) is 3.55. The van der Waals surface area contributed by atoms with Crippen molar-refractivity contribution in [2.75, 3.05) is 5.32 Å². The number of carbonyl (C=O) groups excluding carboxylic acids is 1. The van der Waals surface area contributed by atoms with Gasteiger partial charge in [-0.15, -0.1) is 0 Å². The Morgan fingerprint density at radius 1 is 1.15 bits per heavy atom. The molecule has 138 valence electrons. The number of nitrogens with one attached hydrogen (secondary N) is 1. The van der Waals surface area contributed by atoms with Crippen molar-refractivity contribution in [1.29, 1.82) is 0 Å². The molecule has 27 heavy (non-hydrogen) atoms. The monoisotopic (exact) mass is 506 g/mol. The van der Waals surface area contributed by atoms with Crippen LogP contribution in [-0.2, 0) is 4.79 Å². The molecule has 7 heteroatoms. The zero-order valence-corrected chi connectivity index (χ0v) is 18.6. The number of fused-ring (bicyclic) bond motifs is 1. The minimum atomic E-state index is -0.190. The topological polar surface area (TPSA) is 62.2 Å². The maximum absolute atomic E-state index is 12.4. The molecule has 0 spiro atoms. The summed E-state index contributed by atoms with van der Waals surface area (Å²) in [6, 6.07) is 7.51. The lowest BCUT2D eigenvalue weighted by atomic mass is 10.0. The van der Waals surface area contributed by atoms with Crippen molar-refractivity contribution in [1.82, 2.24) is 4.98 Å². The molecule has 0 bridgehead atoms. The lowest BCUT2D eigenvalue weighted by Crippen LogP contribution is -2.04. The molecule has 0 saturated heterocycles. The van der Waals surface area contributed by atoms with Gasteiger partial charge in [-0.2, -0.15) is 11.3 Å². The third-order valence-electron chi connectivity index (χ3n) is 3.86. The molecule has 0 saturated carbocycles. The molecule has 1 aliphatic heterocycles. The van der Waals surface area contributed by atoms with Gasteiger partial charge >= 0.3 is 0 Å². The van der Waals surface area contributed by atoms with E-state index < -0.39 is 0 Å². The Morgan fingerprint density at radius 2 is 1.85 bits per heavy atom. The highest BCUT2D eigenvalue weighted by molar-refractivity contribution is 9.11. The number of hydrogen-bond donors (Lipinski definition) is 2. The van der Waals surface area contributed by atoms with E-state index in [1.54, 1.807) is 35.7 Å². The summed E-state index contributed by atoms with van der Waals surface area (Å²) in [5, 5.41) is 16.7. The van der Waals surface area contributed by atoms with E-state index in [0.717, 1.165) is 22.3 Å². The van der Waals surface area contributed by atoms with Gasteiger partial charge in [0, 0.05) is 17.3 Å².